The van der Waals surface area contributed by atoms with Gasteiger partial charge >= 0.3 is 0 Å². The minimum absolute atomic E-state index is 0.0177. The minimum Gasteiger partial charge on any atom is -0.504 e. The fourth-order valence-corrected chi connectivity index (χ4v) is 2.26. The van der Waals surface area contributed by atoms with Gasteiger partial charge in [0, 0.05) is 29.4 Å². The first-order valence-electron chi connectivity index (χ1n) is 6.16. The number of nitrogens with one attached hydrogen (secondary N) is 1. The summed E-state index contributed by atoms with van der Waals surface area (Å²) in [5, 5.41) is 10.2. The number of H-pyrrole nitrogens is 1. The van der Waals surface area contributed by atoms with Crippen molar-refractivity contribution >= 4 is 16.9 Å². The van der Waals surface area contributed by atoms with Gasteiger partial charge in [0.2, 0.25) is 5.91 Å². The third-order valence-electron chi connectivity index (χ3n) is 3.24. The van der Waals surface area contributed by atoms with Crippen LogP contribution in [0.25, 0.3) is 22.2 Å². The van der Waals surface area contributed by atoms with Crippen molar-refractivity contribution in [1.29, 1.82) is 0 Å². The van der Waals surface area contributed by atoms with Crippen molar-refractivity contribution in [3.05, 3.63) is 42.2 Å². The number of rotatable bonds is 3. The van der Waals surface area contributed by atoms with Gasteiger partial charge in [-0.25, -0.2) is 4.98 Å². The molecule has 3 rings (SSSR count). The van der Waals surface area contributed by atoms with Crippen molar-refractivity contribution in [3.63, 3.8) is 0 Å². The molecule has 0 bridgehead atoms. The van der Waals surface area contributed by atoms with Crippen molar-refractivity contribution in [1.82, 2.24) is 9.97 Å². The number of phenols is 1. The van der Waals surface area contributed by atoms with E-state index in [1.165, 1.54) is 13.2 Å². The van der Waals surface area contributed by atoms with Crippen LogP contribution in [0.4, 0.5) is 0 Å². The zero-order chi connectivity index (χ0) is 15.0. The highest BCUT2D eigenvalue weighted by molar-refractivity contribution is 6.10. The number of hydrogen-bond donors (Lipinski definition) is 3. The number of carbonyl (C=O) groups excluding carboxylic acids is 1. The highest BCUT2D eigenvalue weighted by Crippen LogP contribution is 2.34. The maximum Gasteiger partial charge on any atom is 0.250 e. The first kappa shape index (κ1) is 13.0. The average Bonchev–Trinajstić information content (AvgIpc) is 2.94. The number of fused-ring (bicyclic) bond motifs is 1. The van der Waals surface area contributed by atoms with Crippen molar-refractivity contribution in [3.8, 4) is 22.6 Å². The van der Waals surface area contributed by atoms with Gasteiger partial charge in [0.15, 0.2) is 11.5 Å². The summed E-state index contributed by atoms with van der Waals surface area (Å²) < 4.78 is 5.08. The zero-order valence-electron chi connectivity index (χ0n) is 11.2. The third kappa shape index (κ3) is 2.06. The minimum atomic E-state index is -0.569. The van der Waals surface area contributed by atoms with Crippen LogP contribution >= 0.6 is 0 Å². The number of aromatic hydroxyl groups is 1. The Morgan fingerprint density at radius 1 is 1.48 bits per heavy atom. The maximum absolute atomic E-state index is 11.8. The lowest BCUT2D eigenvalue weighted by Crippen LogP contribution is -2.13. The number of hydrogen-bond acceptors (Lipinski definition) is 4. The lowest BCUT2D eigenvalue weighted by molar-refractivity contribution is 0.100. The van der Waals surface area contributed by atoms with E-state index in [0.717, 1.165) is 0 Å². The van der Waals surface area contributed by atoms with Crippen LogP contribution in [-0.4, -0.2) is 28.1 Å². The smallest absolute Gasteiger partial charge is 0.250 e. The Morgan fingerprint density at radius 2 is 2.29 bits per heavy atom. The molecule has 0 saturated carbocycles. The molecule has 6 heteroatoms. The van der Waals surface area contributed by atoms with E-state index in [2.05, 4.69) is 16.0 Å². The lowest BCUT2D eigenvalue weighted by atomic mass is 9.99. The number of aromatic nitrogens is 2. The molecule has 0 aliphatic rings. The molecular formula is C15H12N3O3. The fourth-order valence-electron chi connectivity index (χ4n) is 2.26. The maximum atomic E-state index is 11.8. The highest BCUT2D eigenvalue weighted by Gasteiger charge is 2.17. The summed E-state index contributed by atoms with van der Waals surface area (Å²) in [4.78, 5) is 18.9. The lowest BCUT2D eigenvalue weighted by Gasteiger charge is -2.10. The van der Waals surface area contributed by atoms with Crippen molar-refractivity contribution in [2.24, 2.45) is 5.73 Å². The normalized spacial score (nSPS) is 10.7. The molecule has 0 aliphatic carbocycles. The summed E-state index contributed by atoms with van der Waals surface area (Å²) in [6.45, 7) is 0. The third-order valence-corrected chi connectivity index (χ3v) is 3.24. The van der Waals surface area contributed by atoms with Gasteiger partial charge in [-0.1, -0.05) is 6.07 Å². The topological polar surface area (TPSA) is 101 Å². The van der Waals surface area contributed by atoms with Crippen LogP contribution in [0, 0.1) is 6.07 Å². The van der Waals surface area contributed by atoms with Crippen LogP contribution in [0.1, 0.15) is 10.4 Å². The molecule has 0 atom stereocenters. The van der Waals surface area contributed by atoms with Crippen LogP contribution in [0.5, 0.6) is 11.5 Å². The molecule has 0 aliphatic heterocycles. The van der Waals surface area contributed by atoms with Gasteiger partial charge in [-0.05, 0) is 17.7 Å². The summed E-state index contributed by atoms with van der Waals surface area (Å²) in [6.07, 6.45) is 3.13. The second-order valence-electron chi connectivity index (χ2n) is 4.45. The first-order valence-corrected chi connectivity index (χ1v) is 6.16. The summed E-state index contributed by atoms with van der Waals surface area (Å²) in [5.41, 5.74) is 7.59. The molecule has 6 nitrogen and oxygen atoms in total. The Labute approximate surface area is 120 Å². The molecule has 21 heavy (non-hydrogen) atoms. The van der Waals surface area contributed by atoms with E-state index in [1.807, 2.05) is 0 Å². The van der Waals surface area contributed by atoms with Gasteiger partial charge < -0.3 is 20.6 Å². The molecule has 1 amide bonds. The Morgan fingerprint density at radius 3 is 3.00 bits per heavy atom. The van der Waals surface area contributed by atoms with Crippen LogP contribution in [0.3, 0.4) is 0 Å². The SMILES string of the molecule is COc1cc(-c2cnc3[nH]c[c]c3c2C(N)=O)ccc1O. The molecule has 2 aromatic heterocycles. The summed E-state index contributed by atoms with van der Waals surface area (Å²) in [5.74, 6) is -0.245. The van der Waals surface area contributed by atoms with Crippen molar-refractivity contribution in [2.45, 2.75) is 0 Å². The predicted molar refractivity (Wildman–Crippen MR) is 77.1 cm³/mol. The van der Waals surface area contributed by atoms with Crippen LogP contribution in [0.15, 0.2) is 30.6 Å². The molecule has 0 fully saturated rings. The van der Waals surface area contributed by atoms with Gasteiger partial charge in [-0.2, -0.15) is 0 Å². The number of amides is 1. The predicted octanol–water partition coefficient (Wildman–Crippen LogP) is 1.84. The molecule has 105 valence electrons. The monoisotopic (exact) mass is 282 g/mol. The molecule has 0 saturated heterocycles. The molecule has 0 spiro atoms. The Hall–Kier alpha value is -3.02. The summed E-state index contributed by atoms with van der Waals surface area (Å²) in [7, 11) is 1.45. The van der Waals surface area contributed by atoms with Gasteiger partial charge in [0.1, 0.15) is 5.65 Å². The van der Waals surface area contributed by atoms with E-state index < -0.39 is 5.91 Å². The van der Waals surface area contributed by atoms with Gasteiger partial charge in [0.25, 0.3) is 0 Å². The van der Waals surface area contributed by atoms with Crippen molar-refractivity contribution in [2.75, 3.05) is 7.11 Å². The van der Waals surface area contributed by atoms with E-state index in [-0.39, 0.29) is 5.75 Å². The second kappa shape index (κ2) is 4.82. The zero-order valence-corrected chi connectivity index (χ0v) is 11.2. The van der Waals surface area contributed by atoms with Gasteiger partial charge in [-0.3, -0.25) is 4.79 Å². The second-order valence-corrected chi connectivity index (χ2v) is 4.45. The number of nitrogens with two attached hydrogens (primary N) is 1. The van der Waals surface area contributed by atoms with Gasteiger partial charge in [-0.15, -0.1) is 0 Å². The quantitative estimate of drug-likeness (QED) is 0.682. The van der Waals surface area contributed by atoms with Gasteiger partial charge in [0.05, 0.1) is 12.7 Å². The van der Waals surface area contributed by atoms with Crippen LogP contribution < -0.4 is 10.5 Å². The summed E-state index contributed by atoms with van der Waals surface area (Å²) >= 11 is 0. The van der Waals surface area contributed by atoms with Crippen molar-refractivity contribution < 1.29 is 14.6 Å². The van der Waals surface area contributed by atoms with E-state index in [4.69, 9.17) is 10.5 Å². The molecule has 2 heterocycles. The highest BCUT2D eigenvalue weighted by atomic mass is 16.5. The Kier molecular flexibility index (Phi) is 2.98. The number of carbonyl (C=O) groups is 1. The number of pyridine rings is 1. The van der Waals surface area contributed by atoms with E-state index in [9.17, 15) is 9.90 Å². The molecular weight excluding hydrogens is 270 g/mol. The number of phenolic OH excluding ortho intramolecular Hbond substituents is 1. The largest absolute Gasteiger partial charge is 0.504 e. The van der Waals surface area contributed by atoms with Crippen LogP contribution in [0.2, 0.25) is 0 Å². The van der Waals surface area contributed by atoms with E-state index in [0.29, 0.717) is 33.5 Å². The Bertz CT molecular complexity index is 839. The Balaban J connectivity index is 2.29. The number of benzene rings is 1. The van der Waals surface area contributed by atoms with E-state index in [1.54, 1.807) is 24.5 Å². The number of aromatic amines is 1. The molecule has 1 radical (unpaired) electrons. The number of ether oxygens (including phenoxy) is 1. The fraction of sp³-hybridized carbons (Fsp3) is 0.0667. The summed E-state index contributed by atoms with van der Waals surface area (Å²) in [6, 6.07) is 7.70. The standard InChI is InChI=1S/C15H12N3O3/c1-21-12-6-8(2-3-11(12)19)10-7-18-15-9(4-5-17-15)13(10)14(16)20/h2-3,5-7,19H,1H3,(H2,16,20)(H,17,18). The number of nitrogens with zero attached hydrogens (tertiary/aromatic N) is 1. The molecule has 3 aromatic rings. The van der Waals surface area contributed by atoms with E-state index >= 15 is 0 Å². The first-order chi connectivity index (χ1) is 10.1. The average molecular weight is 282 g/mol. The molecule has 4 N–H and O–H groups in total. The molecule has 0 unspecified atom stereocenters. The number of methoxy groups -OCH3 is 1. The van der Waals surface area contributed by atoms with Crippen LogP contribution in [-0.2, 0) is 0 Å². The number of primary amides is 1. The molecule has 1 aromatic carbocycles.